The zero-order valence-corrected chi connectivity index (χ0v) is 13.7. The van der Waals surface area contributed by atoms with Gasteiger partial charge in [-0.3, -0.25) is 4.79 Å². The molecule has 1 heterocycles. The Balaban J connectivity index is 1.83. The van der Waals surface area contributed by atoms with Gasteiger partial charge in [0.05, 0.1) is 12.5 Å². The van der Waals surface area contributed by atoms with Gasteiger partial charge in [-0.25, -0.2) is 0 Å². The second kappa shape index (κ2) is 9.37. The average molecular weight is 322 g/mol. The van der Waals surface area contributed by atoms with Crippen LogP contribution in [0.2, 0.25) is 0 Å². The summed E-state index contributed by atoms with van der Waals surface area (Å²) in [6.07, 6.45) is 4.73. The third-order valence-corrected chi connectivity index (χ3v) is 4.25. The normalized spacial score (nSPS) is 15.4. The molecule has 0 radical (unpaired) electrons. The maximum atomic E-state index is 12.4. The molecule has 1 N–H and O–H groups in total. The molecule has 0 bridgehead atoms. The smallest absolute Gasteiger partial charge is 0.265 e. The number of nitrogens with zero attached hydrogens (tertiary/aromatic N) is 3. The molecule has 2 rings (SSSR count). The lowest BCUT2D eigenvalue weighted by atomic mass is 9.90. The van der Waals surface area contributed by atoms with Gasteiger partial charge in [0.1, 0.15) is 11.6 Å². The standard InChI is InChI=1S/C19H22N4O/c20-9-4-10-22-15-18(14-21)19(24)23-11-7-17(8-12-23)13-16-5-2-1-3-6-16/h1-3,5-6,15,17,22H,4,7-8,10-13H2/b18-15-. The number of carbonyl (C=O) groups excluding carboxylic acids is 1. The van der Waals surface area contributed by atoms with E-state index in [1.807, 2.05) is 18.2 Å². The number of carbonyl (C=O) groups is 1. The Morgan fingerprint density at radius 1 is 1.25 bits per heavy atom. The second-order valence-electron chi connectivity index (χ2n) is 5.96. The van der Waals surface area contributed by atoms with Gasteiger partial charge < -0.3 is 10.2 Å². The first-order valence-electron chi connectivity index (χ1n) is 8.28. The molecule has 1 saturated heterocycles. The highest BCUT2D eigenvalue weighted by Gasteiger charge is 2.25. The summed E-state index contributed by atoms with van der Waals surface area (Å²) < 4.78 is 0. The molecule has 0 aliphatic carbocycles. The Morgan fingerprint density at radius 2 is 1.96 bits per heavy atom. The van der Waals surface area contributed by atoms with Crippen LogP contribution in [0.3, 0.4) is 0 Å². The highest BCUT2D eigenvalue weighted by molar-refractivity contribution is 5.97. The quantitative estimate of drug-likeness (QED) is 0.495. The number of rotatable bonds is 6. The molecule has 124 valence electrons. The van der Waals surface area contributed by atoms with Crippen LogP contribution >= 0.6 is 0 Å². The lowest BCUT2D eigenvalue weighted by molar-refractivity contribution is -0.128. The van der Waals surface area contributed by atoms with Crippen molar-refractivity contribution in [1.82, 2.24) is 10.2 Å². The Hall–Kier alpha value is -2.79. The summed E-state index contributed by atoms with van der Waals surface area (Å²) in [5.41, 5.74) is 1.44. The molecular formula is C19H22N4O. The third kappa shape index (κ3) is 5.14. The number of hydrogen-bond donors (Lipinski definition) is 1. The Kier molecular flexibility index (Phi) is 6.86. The van der Waals surface area contributed by atoms with Crippen LogP contribution in [-0.4, -0.2) is 30.4 Å². The second-order valence-corrected chi connectivity index (χ2v) is 5.96. The van der Waals surface area contributed by atoms with Crippen LogP contribution in [0.25, 0.3) is 0 Å². The van der Waals surface area contributed by atoms with Crippen molar-refractivity contribution >= 4 is 5.91 Å². The number of nitriles is 2. The van der Waals surface area contributed by atoms with Crippen molar-refractivity contribution in [2.45, 2.75) is 25.7 Å². The minimum atomic E-state index is -0.222. The first kappa shape index (κ1) is 17.6. The van der Waals surface area contributed by atoms with E-state index >= 15 is 0 Å². The van der Waals surface area contributed by atoms with Gasteiger partial charge in [0.15, 0.2) is 0 Å². The fraction of sp³-hybridized carbons (Fsp3) is 0.421. The van der Waals surface area contributed by atoms with E-state index in [1.54, 1.807) is 4.90 Å². The van der Waals surface area contributed by atoms with Gasteiger partial charge >= 0.3 is 0 Å². The molecule has 0 unspecified atom stereocenters. The number of nitrogens with one attached hydrogen (secondary N) is 1. The van der Waals surface area contributed by atoms with Gasteiger partial charge in [0.25, 0.3) is 5.91 Å². The van der Waals surface area contributed by atoms with Crippen molar-refractivity contribution in [3.05, 3.63) is 47.7 Å². The summed E-state index contributed by atoms with van der Waals surface area (Å²) in [7, 11) is 0. The fourth-order valence-electron chi connectivity index (χ4n) is 2.90. The van der Waals surface area contributed by atoms with Gasteiger partial charge in [0.2, 0.25) is 0 Å². The molecule has 5 heteroatoms. The Labute approximate surface area is 143 Å². The van der Waals surface area contributed by atoms with Crippen molar-refractivity contribution in [2.75, 3.05) is 19.6 Å². The summed E-state index contributed by atoms with van der Waals surface area (Å²) in [6, 6.07) is 14.4. The Bertz CT molecular complexity index is 646. The first-order valence-corrected chi connectivity index (χ1v) is 8.28. The van der Waals surface area contributed by atoms with Crippen molar-refractivity contribution in [1.29, 1.82) is 10.5 Å². The average Bonchev–Trinajstić information content (AvgIpc) is 2.63. The molecule has 1 aliphatic heterocycles. The summed E-state index contributed by atoms with van der Waals surface area (Å²) in [6.45, 7) is 1.81. The van der Waals surface area contributed by atoms with E-state index in [1.165, 1.54) is 11.8 Å². The molecule has 1 fully saturated rings. The number of likely N-dealkylation sites (tertiary alicyclic amines) is 1. The van der Waals surface area contributed by atoms with Gasteiger partial charge in [0, 0.05) is 25.8 Å². The highest BCUT2D eigenvalue weighted by Crippen LogP contribution is 2.22. The molecule has 0 aromatic heterocycles. The highest BCUT2D eigenvalue weighted by atomic mass is 16.2. The molecule has 24 heavy (non-hydrogen) atoms. The lowest BCUT2D eigenvalue weighted by Crippen LogP contribution is -2.39. The predicted octanol–water partition coefficient (Wildman–Crippen LogP) is 2.38. The molecule has 0 saturated carbocycles. The van der Waals surface area contributed by atoms with Crippen molar-refractivity contribution in [3.63, 3.8) is 0 Å². The van der Waals surface area contributed by atoms with Crippen LogP contribution in [0.15, 0.2) is 42.1 Å². The number of hydrogen-bond acceptors (Lipinski definition) is 4. The summed E-state index contributed by atoms with van der Waals surface area (Å²) in [5.74, 6) is 0.361. The van der Waals surface area contributed by atoms with Crippen LogP contribution in [0.1, 0.15) is 24.8 Å². The van der Waals surface area contributed by atoms with E-state index in [2.05, 4.69) is 29.6 Å². The molecule has 1 aliphatic rings. The lowest BCUT2D eigenvalue weighted by Gasteiger charge is -2.32. The largest absolute Gasteiger partial charge is 0.389 e. The molecule has 0 atom stereocenters. The molecule has 0 spiro atoms. The van der Waals surface area contributed by atoms with Gasteiger partial charge in [-0.2, -0.15) is 10.5 Å². The number of benzene rings is 1. The van der Waals surface area contributed by atoms with Crippen molar-refractivity contribution in [2.24, 2.45) is 5.92 Å². The minimum Gasteiger partial charge on any atom is -0.389 e. The fourth-order valence-corrected chi connectivity index (χ4v) is 2.90. The van der Waals surface area contributed by atoms with E-state index in [0.29, 0.717) is 32.0 Å². The van der Waals surface area contributed by atoms with E-state index < -0.39 is 0 Å². The summed E-state index contributed by atoms with van der Waals surface area (Å²) in [5, 5.41) is 20.5. The van der Waals surface area contributed by atoms with E-state index in [9.17, 15) is 4.79 Å². The van der Waals surface area contributed by atoms with E-state index in [0.717, 1.165) is 19.3 Å². The summed E-state index contributed by atoms with van der Waals surface area (Å²) >= 11 is 0. The van der Waals surface area contributed by atoms with Crippen LogP contribution in [0.4, 0.5) is 0 Å². The van der Waals surface area contributed by atoms with Crippen molar-refractivity contribution in [3.8, 4) is 12.1 Å². The van der Waals surface area contributed by atoms with Crippen LogP contribution in [0, 0.1) is 28.6 Å². The van der Waals surface area contributed by atoms with Gasteiger partial charge in [-0.1, -0.05) is 30.3 Å². The monoisotopic (exact) mass is 322 g/mol. The predicted molar refractivity (Wildman–Crippen MR) is 91.4 cm³/mol. The van der Waals surface area contributed by atoms with Crippen LogP contribution < -0.4 is 5.32 Å². The third-order valence-electron chi connectivity index (χ3n) is 4.25. The Morgan fingerprint density at radius 3 is 2.58 bits per heavy atom. The van der Waals surface area contributed by atoms with Crippen LogP contribution in [-0.2, 0) is 11.2 Å². The number of piperidine rings is 1. The minimum absolute atomic E-state index is 0.106. The molecule has 1 aromatic carbocycles. The van der Waals surface area contributed by atoms with E-state index in [4.69, 9.17) is 10.5 Å². The maximum Gasteiger partial charge on any atom is 0.265 e. The zero-order chi connectivity index (χ0) is 17.2. The van der Waals surface area contributed by atoms with Gasteiger partial charge in [-0.05, 0) is 30.7 Å². The zero-order valence-electron chi connectivity index (χ0n) is 13.7. The van der Waals surface area contributed by atoms with Crippen molar-refractivity contribution < 1.29 is 4.79 Å². The molecule has 1 aromatic rings. The topological polar surface area (TPSA) is 79.9 Å². The van der Waals surface area contributed by atoms with Crippen LogP contribution in [0.5, 0.6) is 0 Å². The molecular weight excluding hydrogens is 300 g/mol. The molecule has 5 nitrogen and oxygen atoms in total. The maximum absolute atomic E-state index is 12.4. The van der Waals surface area contributed by atoms with E-state index in [-0.39, 0.29) is 11.5 Å². The van der Waals surface area contributed by atoms with Gasteiger partial charge in [-0.15, -0.1) is 0 Å². The first-order chi connectivity index (χ1) is 11.7. The SMILES string of the molecule is N#CCCN/C=C(/C#N)C(=O)N1CCC(Cc2ccccc2)CC1. The molecule has 1 amide bonds. The number of amides is 1. The summed E-state index contributed by atoms with van der Waals surface area (Å²) in [4.78, 5) is 14.1.